The number of nitrogens with zero attached hydrogens (tertiary/aromatic N) is 1. The van der Waals surface area contributed by atoms with Crippen molar-refractivity contribution < 1.29 is 9.53 Å². The van der Waals surface area contributed by atoms with Crippen LogP contribution in [-0.2, 0) is 4.74 Å². The van der Waals surface area contributed by atoms with E-state index >= 15 is 0 Å². The molecule has 0 saturated heterocycles. The second-order valence-corrected chi connectivity index (χ2v) is 5.68. The minimum atomic E-state index is -0.155. The van der Waals surface area contributed by atoms with Gasteiger partial charge < -0.3 is 15.4 Å². The number of amides is 2. The Morgan fingerprint density at radius 3 is 3.11 bits per heavy atom. The SMILES string of the molecule is CC[C@@H](NC(=O)NCCOCC1CC1)c1nccs1. The van der Waals surface area contributed by atoms with Crippen molar-refractivity contribution in [2.75, 3.05) is 19.8 Å². The second kappa shape index (κ2) is 7.45. The van der Waals surface area contributed by atoms with E-state index in [9.17, 15) is 4.79 Å². The smallest absolute Gasteiger partial charge is 0.315 e. The third kappa shape index (κ3) is 5.16. The van der Waals surface area contributed by atoms with Gasteiger partial charge in [-0.05, 0) is 25.2 Å². The summed E-state index contributed by atoms with van der Waals surface area (Å²) in [5.41, 5.74) is 0. The van der Waals surface area contributed by atoms with E-state index in [0.717, 1.165) is 24.0 Å². The van der Waals surface area contributed by atoms with E-state index < -0.39 is 0 Å². The maximum atomic E-state index is 11.7. The maximum Gasteiger partial charge on any atom is 0.315 e. The monoisotopic (exact) mass is 283 g/mol. The average Bonchev–Trinajstić information content (AvgIpc) is 3.07. The van der Waals surface area contributed by atoms with Gasteiger partial charge in [-0.1, -0.05) is 6.92 Å². The molecule has 0 aromatic carbocycles. The molecule has 1 fully saturated rings. The van der Waals surface area contributed by atoms with Gasteiger partial charge in [-0.3, -0.25) is 0 Å². The van der Waals surface area contributed by atoms with Crippen molar-refractivity contribution >= 4 is 17.4 Å². The van der Waals surface area contributed by atoms with Crippen molar-refractivity contribution in [3.63, 3.8) is 0 Å². The van der Waals surface area contributed by atoms with Crippen molar-refractivity contribution in [3.05, 3.63) is 16.6 Å². The van der Waals surface area contributed by atoms with Gasteiger partial charge >= 0.3 is 6.03 Å². The van der Waals surface area contributed by atoms with Gasteiger partial charge in [0.1, 0.15) is 5.01 Å². The first-order valence-electron chi connectivity index (χ1n) is 6.81. The lowest BCUT2D eigenvalue weighted by molar-refractivity contribution is 0.126. The number of urea groups is 1. The number of hydrogen-bond donors (Lipinski definition) is 2. The molecule has 6 heteroatoms. The number of ether oxygens (including phenoxy) is 1. The number of nitrogens with one attached hydrogen (secondary N) is 2. The molecule has 1 aromatic rings. The Hall–Kier alpha value is -1.14. The summed E-state index contributed by atoms with van der Waals surface area (Å²) in [6.45, 7) is 4.00. The predicted molar refractivity (Wildman–Crippen MR) is 75.2 cm³/mol. The Kier molecular flexibility index (Phi) is 5.60. The molecule has 2 N–H and O–H groups in total. The van der Waals surface area contributed by atoms with Crippen LogP contribution in [0.3, 0.4) is 0 Å². The fourth-order valence-corrected chi connectivity index (χ4v) is 2.50. The van der Waals surface area contributed by atoms with Crippen LogP contribution in [-0.4, -0.2) is 30.8 Å². The van der Waals surface area contributed by atoms with E-state index in [-0.39, 0.29) is 12.1 Å². The summed E-state index contributed by atoms with van der Waals surface area (Å²) in [5, 5.41) is 8.60. The highest BCUT2D eigenvalue weighted by Gasteiger charge is 2.21. The zero-order valence-corrected chi connectivity index (χ0v) is 12.0. The van der Waals surface area contributed by atoms with Crippen molar-refractivity contribution in [1.29, 1.82) is 0 Å². The zero-order valence-electron chi connectivity index (χ0n) is 11.2. The Morgan fingerprint density at radius 2 is 2.47 bits per heavy atom. The normalized spacial score (nSPS) is 16.1. The number of carbonyl (C=O) groups is 1. The van der Waals surface area contributed by atoms with Crippen LogP contribution in [0.5, 0.6) is 0 Å². The summed E-state index contributed by atoms with van der Waals surface area (Å²) in [7, 11) is 0. The van der Waals surface area contributed by atoms with Crippen molar-refractivity contribution in [3.8, 4) is 0 Å². The molecule has 1 aromatic heterocycles. The predicted octanol–water partition coefficient (Wildman–Crippen LogP) is 2.32. The maximum absolute atomic E-state index is 11.7. The summed E-state index contributed by atoms with van der Waals surface area (Å²) in [6.07, 6.45) is 5.17. The first-order chi connectivity index (χ1) is 9.29. The summed E-state index contributed by atoms with van der Waals surface area (Å²) in [6, 6.07) is -0.163. The van der Waals surface area contributed by atoms with Gasteiger partial charge in [0.15, 0.2) is 0 Å². The van der Waals surface area contributed by atoms with Gasteiger partial charge in [0.05, 0.1) is 12.6 Å². The Morgan fingerprint density at radius 1 is 1.63 bits per heavy atom. The van der Waals surface area contributed by atoms with Crippen LogP contribution in [0.1, 0.15) is 37.2 Å². The van der Waals surface area contributed by atoms with Crippen molar-refractivity contribution in [1.82, 2.24) is 15.6 Å². The number of aromatic nitrogens is 1. The molecule has 1 heterocycles. The van der Waals surface area contributed by atoms with E-state index in [0.29, 0.717) is 13.2 Å². The molecular weight excluding hydrogens is 262 g/mol. The van der Waals surface area contributed by atoms with Gasteiger partial charge in [0.25, 0.3) is 0 Å². The molecule has 106 valence electrons. The van der Waals surface area contributed by atoms with Crippen LogP contribution >= 0.6 is 11.3 Å². The summed E-state index contributed by atoms with van der Waals surface area (Å²) < 4.78 is 5.46. The minimum Gasteiger partial charge on any atom is -0.379 e. The molecule has 0 bridgehead atoms. The number of carbonyl (C=O) groups excluding carboxylic acids is 1. The average molecular weight is 283 g/mol. The molecule has 1 aliphatic carbocycles. The van der Waals surface area contributed by atoms with Crippen LogP contribution in [0, 0.1) is 5.92 Å². The van der Waals surface area contributed by atoms with Crippen LogP contribution in [0.4, 0.5) is 4.79 Å². The quantitative estimate of drug-likeness (QED) is 0.720. The van der Waals surface area contributed by atoms with E-state index in [1.165, 1.54) is 12.8 Å². The van der Waals surface area contributed by atoms with E-state index in [1.807, 2.05) is 12.3 Å². The molecule has 0 unspecified atom stereocenters. The number of hydrogen-bond acceptors (Lipinski definition) is 4. The Bertz CT molecular complexity index is 379. The zero-order chi connectivity index (χ0) is 13.5. The largest absolute Gasteiger partial charge is 0.379 e. The lowest BCUT2D eigenvalue weighted by atomic mass is 10.2. The van der Waals surface area contributed by atoms with Gasteiger partial charge in [0.2, 0.25) is 0 Å². The first-order valence-corrected chi connectivity index (χ1v) is 7.69. The first kappa shape index (κ1) is 14.3. The van der Waals surface area contributed by atoms with E-state index in [2.05, 4.69) is 15.6 Å². The summed E-state index contributed by atoms with van der Waals surface area (Å²) >= 11 is 1.56. The highest BCUT2D eigenvalue weighted by molar-refractivity contribution is 7.09. The standard InChI is InChI=1S/C13H21N3O2S/c1-2-11(12-14-6-8-19-12)16-13(17)15-5-7-18-9-10-3-4-10/h6,8,10-11H,2-5,7,9H2,1H3,(H2,15,16,17)/t11-/m1/s1. The lowest BCUT2D eigenvalue weighted by Crippen LogP contribution is -2.39. The van der Waals surface area contributed by atoms with Crippen molar-refractivity contribution in [2.24, 2.45) is 5.92 Å². The number of thiazole rings is 1. The lowest BCUT2D eigenvalue weighted by Gasteiger charge is -2.15. The van der Waals surface area contributed by atoms with Gasteiger partial charge in [-0.25, -0.2) is 9.78 Å². The van der Waals surface area contributed by atoms with E-state index in [1.54, 1.807) is 17.5 Å². The van der Waals surface area contributed by atoms with Crippen molar-refractivity contribution in [2.45, 2.75) is 32.2 Å². The highest BCUT2D eigenvalue weighted by atomic mass is 32.1. The molecule has 19 heavy (non-hydrogen) atoms. The van der Waals surface area contributed by atoms with Crippen LogP contribution in [0.15, 0.2) is 11.6 Å². The molecule has 0 radical (unpaired) electrons. The molecule has 5 nitrogen and oxygen atoms in total. The topological polar surface area (TPSA) is 63.2 Å². The molecule has 2 amide bonds. The summed E-state index contributed by atoms with van der Waals surface area (Å²) in [5.74, 6) is 0.767. The van der Waals surface area contributed by atoms with Gasteiger partial charge in [0, 0.05) is 24.7 Å². The third-order valence-corrected chi connectivity index (χ3v) is 3.93. The van der Waals surface area contributed by atoms with Gasteiger partial charge in [-0.15, -0.1) is 11.3 Å². The van der Waals surface area contributed by atoms with Crippen LogP contribution in [0.2, 0.25) is 0 Å². The molecule has 0 spiro atoms. The molecule has 1 saturated carbocycles. The highest BCUT2D eigenvalue weighted by Crippen LogP contribution is 2.28. The molecule has 2 rings (SSSR count). The van der Waals surface area contributed by atoms with Gasteiger partial charge in [-0.2, -0.15) is 0 Å². The number of rotatable bonds is 8. The van der Waals surface area contributed by atoms with Crippen LogP contribution < -0.4 is 10.6 Å². The van der Waals surface area contributed by atoms with E-state index in [4.69, 9.17) is 4.74 Å². The second-order valence-electron chi connectivity index (χ2n) is 4.75. The fourth-order valence-electron chi connectivity index (χ4n) is 1.73. The fraction of sp³-hybridized carbons (Fsp3) is 0.692. The summed E-state index contributed by atoms with van der Waals surface area (Å²) in [4.78, 5) is 15.9. The molecule has 1 atom stereocenters. The molecule has 1 aliphatic rings. The Balaban J connectivity index is 1.59. The third-order valence-electron chi connectivity index (χ3n) is 3.05. The molecular formula is C13H21N3O2S. The van der Waals surface area contributed by atoms with Crippen LogP contribution in [0.25, 0.3) is 0 Å². The Labute approximate surface area is 117 Å². The molecule has 0 aliphatic heterocycles. The minimum absolute atomic E-state index is 0.00705.